The fourth-order valence-corrected chi connectivity index (χ4v) is 1.64. The molecule has 0 fully saturated rings. The SMILES string of the molecule is Cc1ncccc1-c1cccc(Cl)c1. The van der Waals surface area contributed by atoms with Gasteiger partial charge in [-0.05, 0) is 30.7 Å². The van der Waals surface area contributed by atoms with Crippen molar-refractivity contribution in [2.75, 3.05) is 0 Å². The van der Waals surface area contributed by atoms with E-state index in [0.717, 1.165) is 21.8 Å². The first-order valence-electron chi connectivity index (χ1n) is 4.45. The van der Waals surface area contributed by atoms with Gasteiger partial charge in [0.05, 0.1) is 0 Å². The van der Waals surface area contributed by atoms with Gasteiger partial charge in [-0.3, -0.25) is 4.98 Å². The van der Waals surface area contributed by atoms with Crippen molar-refractivity contribution < 1.29 is 0 Å². The molecule has 0 atom stereocenters. The van der Waals surface area contributed by atoms with Crippen molar-refractivity contribution in [3.05, 3.63) is 53.3 Å². The average Bonchev–Trinajstić information content (AvgIpc) is 2.18. The van der Waals surface area contributed by atoms with Crippen LogP contribution in [0.15, 0.2) is 42.6 Å². The van der Waals surface area contributed by atoms with Crippen LogP contribution in [0.5, 0.6) is 0 Å². The van der Waals surface area contributed by atoms with Crippen molar-refractivity contribution in [3.63, 3.8) is 0 Å². The van der Waals surface area contributed by atoms with Gasteiger partial charge in [-0.25, -0.2) is 0 Å². The van der Waals surface area contributed by atoms with Gasteiger partial charge in [0.1, 0.15) is 0 Å². The van der Waals surface area contributed by atoms with Crippen LogP contribution in [0.4, 0.5) is 0 Å². The maximum absolute atomic E-state index is 5.93. The standard InChI is InChI=1S/C12H10ClN/c1-9-12(6-3-7-14-9)10-4-2-5-11(13)8-10/h2-8H,1H3. The van der Waals surface area contributed by atoms with Crippen LogP contribution in [-0.4, -0.2) is 4.98 Å². The van der Waals surface area contributed by atoms with E-state index in [9.17, 15) is 0 Å². The lowest BCUT2D eigenvalue weighted by Gasteiger charge is -2.04. The van der Waals surface area contributed by atoms with Gasteiger partial charge in [0, 0.05) is 22.5 Å². The fraction of sp³-hybridized carbons (Fsp3) is 0.0833. The Bertz CT molecular complexity index is 452. The lowest BCUT2D eigenvalue weighted by atomic mass is 10.1. The summed E-state index contributed by atoms with van der Waals surface area (Å²) < 4.78 is 0. The Morgan fingerprint density at radius 2 is 2.00 bits per heavy atom. The van der Waals surface area contributed by atoms with E-state index in [2.05, 4.69) is 4.98 Å². The van der Waals surface area contributed by atoms with Gasteiger partial charge < -0.3 is 0 Å². The van der Waals surface area contributed by atoms with Gasteiger partial charge in [-0.1, -0.05) is 29.8 Å². The number of hydrogen-bond donors (Lipinski definition) is 0. The first-order valence-corrected chi connectivity index (χ1v) is 4.83. The quantitative estimate of drug-likeness (QED) is 0.689. The van der Waals surface area contributed by atoms with Crippen molar-refractivity contribution in [1.82, 2.24) is 4.98 Å². The summed E-state index contributed by atoms with van der Waals surface area (Å²) in [6.07, 6.45) is 1.80. The van der Waals surface area contributed by atoms with Gasteiger partial charge in [0.15, 0.2) is 0 Å². The molecule has 2 aromatic rings. The highest BCUT2D eigenvalue weighted by Gasteiger charge is 2.01. The molecule has 1 nitrogen and oxygen atoms in total. The summed E-state index contributed by atoms with van der Waals surface area (Å²) in [6, 6.07) is 11.8. The highest BCUT2D eigenvalue weighted by molar-refractivity contribution is 6.30. The van der Waals surface area contributed by atoms with E-state index in [1.165, 1.54) is 0 Å². The van der Waals surface area contributed by atoms with E-state index in [0.29, 0.717) is 0 Å². The van der Waals surface area contributed by atoms with E-state index in [1.807, 2.05) is 43.3 Å². The lowest BCUT2D eigenvalue weighted by Crippen LogP contribution is -1.85. The smallest absolute Gasteiger partial charge is 0.0450 e. The fourth-order valence-electron chi connectivity index (χ4n) is 1.45. The molecule has 2 heteroatoms. The molecule has 1 aromatic carbocycles. The van der Waals surface area contributed by atoms with Gasteiger partial charge >= 0.3 is 0 Å². The van der Waals surface area contributed by atoms with E-state index in [-0.39, 0.29) is 0 Å². The van der Waals surface area contributed by atoms with E-state index in [4.69, 9.17) is 11.6 Å². The molecule has 14 heavy (non-hydrogen) atoms. The first kappa shape index (κ1) is 9.22. The van der Waals surface area contributed by atoms with Crippen LogP contribution in [0.1, 0.15) is 5.69 Å². The van der Waals surface area contributed by atoms with E-state index >= 15 is 0 Å². The number of hydrogen-bond acceptors (Lipinski definition) is 1. The van der Waals surface area contributed by atoms with Crippen LogP contribution in [0, 0.1) is 6.92 Å². The van der Waals surface area contributed by atoms with Gasteiger partial charge in [0.25, 0.3) is 0 Å². The lowest BCUT2D eigenvalue weighted by molar-refractivity contribution is 1.20. The van der Waals surface area contributed by atoms with Crippen LogP contribution < -0.4 is 0 Å². The van der Waals surface area contributed by atoms with Gasteiger partial charge in [-0.2, -0.15) is 0 Å². The molecule has 0 aliphatic rings. The number of nitrogens with zero attached hydrogens (tertiary/aromatic N) is 1. The predicted molar refractivity (Wildman–Crippen MR) is 59.4 cm³/mol. The van der Waals surface area contributed by atoms with Gasteiger partial charge in [0.2, 0.25) is 0 Å². The summed E-state index contributed by atoms with van der Waals surface area (Å²) in [6.45, 7) is 2.00. The maximum atomic E-state index is 5.93. The highest BCUT2D eigenvalue weighted by Crippen LogP contribution is 2.24. The number of rotatable bonds is 1. The summed E-state index contributed by atoms with van der Waals surface area (Å²) in [5, 5.41) is 0.755. The largest absolute Gasteiger partial charge is 0.261 e. The Hall–Kier alpha value is -1.34. The topological polar surface area (TPSA) is 12.9 Å². The zero-order chi connectivity index (χ0) is 9.97. The van der Waals surface area contributed by atoms with Crippen molar-refractivity contribution >= 4 is 11.6 Å². The van der Waals surface area contributed by atoms with Crippen LogP contribution in [0.2, 0.25) is 5.02 Å². The van der Waals surface area contributed by atoms with Crippen molar-refractivity contribution in [3.8, 4) is 11.1 Å². The number of halogens is 1. The number of benzene rings is 1. The normalized spacial score (nSPS) is 10.1. The Balaban J connectivity index is 2.55. The number of aryl methyl sites for hydroxylation is 1. The highest BCUT2D eigenvalue weighted by atomic mass is 35.5. The van der Waals surface area contributed by atoms with Gasteiger partial charge in [-0.15, -0.1) is 0 Å². The summed E-state index contributed by atoms with van der Waals surface area (Å²) >= 11 is 5.93. The Labute approximate surface area is 88.4 Å². The molecular weight excluding hydrogens is 194 g/mol. The van der Waals surface area contributed by atoms with Crippen molar-refractivity contribution in [2.24, 2.45) is 0 Å². The average molecular weight is 204 g/mol. The van der Waals surface area contributed by atoms with Crippen molar-refractivity contribution in [2.45, 2.75) is 6.92 Å². The molecule has 0 bridgehead atoms. The molecule has 0 N–H and O–H groups in total. The molecular formula is C12H10ClN. The van der Waals surface area contributed by atoms with Crippen LogP contribution in [0.3, 0.4) is 0 Å². The summed E-state index contributed by atoms with van der Waals surface area (Å²) in [7, 11) is 0. The minimum Gasteiger partial charge on any atom is -0.261 e. The Kier molecular flexibility index (Phi) is 2.51. The zero-order valence-electron chi connectivity index (χ0n) is 7.87. The molecule has 0 amide bonds. The number of pyridine rings is 1. The molecule has 0 spiro atoms. The summed E-state index contributed by atoms with van der Waals surface area (Å²) in [5.41, 5.74) is 3.27. The number of aromatic nitrogens is 1. The van der Waals surface area contributed by atoms with E-state index in [1.54, 1.807) is 6.20 Å². The third-order valence-electron chi connectivity index (χ3n) is 2.14. The molecule has 0 unspecified atom stereocenters. The van der Waals surface area contributed by atoms with Crippen LogP contribution in [-0.2, 0) is 0 Å². The second kappa shape index (κ2) is 3.81. The third-order valence-corrected chi connectivity index (χ3v) is 2.38. The molecule has 1 heterocycles. The molecule has 0 aliphatic heterocycles. The van der Waals surface area contributed by atoms with Crippen LogP contribution >= 0.6 is 11.6 Å². The second-order valence-electron chi connectivity index (χ2n) is 3.15. The molecule has 2 rings (SSSR count). The minimum atomic E-state index is 0.755. The predicted octanol–water partition coefficient (Wildman–Crippen LogP) is 3.71. The van der Waals surface area contributed by atoms with E-state index < -0.39 is 0 Å². The molecule has 1 aromatic heterocycles. The zero-order valence-corrected chi connectivity index (χ0v) is 8.62. The molecule has 70 valence electrons. The molecule has 0 radical (unpaired) electrons. The summed E-state index contributed by atoms with van der Waals surface area (Å²) in [5.74, 6) is 0. The summed E-state index contributed by atoms with van der Waals surface area (Å²) in [4.78, 5) is 4.24. The molecule has 0 aliphatic carbocycles. The minimum absolute atomic E-state index is 0.755. The molecule has 0 saturated heterocycles. The maximum Gasteiger partial charge on any atom is 0.0450 e. The second-order valence-corrected chi connectivity index (χ2v) is 3.58. The Morgan fingerprint density at radius 3 is 2.71 bits per heavy atom. The third kappa shape index (κ3) is 1.78. The Morgan fingerprint density at radius 1 is 1.14 bits per heavy atom. The first-order chi connectivity index (χ1) is 6.77. The van der Waals surface area contributed by atoms with Crippen LogP contribution in [0.25, 0.3) is 11.1 Å². The molecule has 0 saturated carbocycles. The van der Waals surface area contributed by atoms with Crippen molar-refractivity contribution in [1.29, 1.82) is 0 Å². The monoisotopic (exact) mass is 203 g/mol.